The van der Waals surface area contributed by atoms with E-state index in [0.29, 0.717) is 0 Å². The predicted octanol–water partition coefficient (Wildman–Crippen LogP) is 2.35. The van der Waals surface area contributed by atoms with E-state index in [1.54, 1.807) is 0 Å². The summed E-state index contributed by atoms with van der Waals surface area (Å²) in [6.45, 7) is 14.1. The molecular weight excluding hydrogens is 186 g/mol. The maximum Gasteiger partial charge on any atom is 0.0951 e. The van der Waals surface area contributed by atoms with E-state index in [2.05, 4.69) is 42.2 Å². The number of hydrogen-bond donors (Lipinski definition) is 1. The molecular formula is C12H21N3. The summed E-state index contributed by atoms with van der Waals surface area (Å²) in [6, 6.07) is 0. The maximum atomic E-state index is 4.16. The summed E-state index contributed by atoms with van der Waals surface area (Å²) in [7, 11) is 0. The fourth-order valence-electron chi connectivity index (χ4n) is 1.28. The third-order valence-corrected chi connectivity index (χ3v) is 2.04. The molecule has 0 aliphatic rings. The molecule has 0 atom stereocenters. The van der Waals surface area contributed by atoms with Gasteiger partial charge in [0.15, 0.2) is 0 Å². The first-order valence-electron chi connectivity index (χ1n) is 5.27. The van der Waals surface area contributed by atoms with Crippen LogP contribution in [-0.2, 0) is 13.1 Å². The molecule has 0 spiro atoms. The number of aromatic nitrogens is 2. The summed E-state index contributed by atoms with van der Waals surface area (Å²) in [5.41, 5.74) is 2.48. The van der Waals surface area contributed by atoms with Crippen LogP contribution in [0.5, 0.6) is 0 Å². The van der Waals surface area contributed by atoms with Crippen molar-refractivity contribution in [3.63, 3.8) is 0 Å². The number of rotatable bonds is 4. The Labute approximate surface area is 92.2 Å². The van der Waals surface area contributed by atoms with Crippen LogP contribution in [0.2, 0.25) is 0 Å². The van der Waals surface area contributed by atoms with Crippen LogP contribution in [0.15, 0.2) is 24.7 Å². The molecule has 0 saturated carbocycles. The third kappa shape index (κ3) is 4.30. The van der Waals surface area contributed by atoms with Crippen molar-refractivity contribution in [1.82, 2.24) is 14.9 Å². The number of nitrogens with one attached hydrogen (secondary N) is 1. The van der Waals surface area contributed by atoms with Crippen LogP contribution >= 0.6 is 0 Å². The number of imidazole rings is 1. The van der Waals surface area contributed by atoms with Gasteiger partial charge < -0.3 is 9.88 Å². The molecule has 0 aliphatic heterocycles. The zero-order valence-electron chi connectivity index (χ0n) is 10.2. The standard InChI is InChI=1S/C12H21N3/c1-10(2)8-15-9-13-6-11(15)7-14-12(3,4)5/h6,9,14H,1,7-8H2,2-5H3. The van der Waals surface area contributed by atoms with E-state index in [4.69, 9.17) is 0 Å². The topological polar surface area (TPSA) is 29.9 Å². The minimum absolute atomic E-state index is 0.137. The fourth-order valence-corrected chi connectivity index (χ4v) is 1.28. The zero-order chi connectivity index (χ0) is 11.5. The Morgan fingerprint density at radius 1 is 1.53 bits per heavy atom. The van der Waals surface area contributed by atoms with Crippen LogP contribution in [0.1, 0.15) is 33.4 Å². The van der Waals surface area contributed by atoms with Gasteiger partial charge in [-0.1, -0.05) is 12.2 Å². The zero-order valence-corrected chi connectivity index (χ0v) is 10.2. The summed E-state index contributed by atoms with van der Waals surface area (Å²) in [6.07, 6.45) is 3.76. The lowest BCUT2D eigenvalue weighted by Gasteiger charge is -2.20. The molecule has 0 amide bonds. The molecule has 1 N–H and O–H groups in total. The number of allylic oxidation sites excluding steroid dienone is 1. The molecule has 84 valence electrons. The molecule has 1 aromatic heterocycles. The molecule has 0 saturated heterocycles. The second-order valence-corrected chi connectivity index (χ2v) is 5.07. The van der Waals surface area contributed by atoms with Gasteiger partial charge in [0.2, 0.25) is 0 Å². The minimum Gasteiger partial charge on any atom is -0.329 e. The van der Waals surface area contributed by atoms with Gasteiger partial charge in [-0.3, -0.25) is 0 Å². The molecule has 0 fully saturated rings. The highest BCUT2D eigenvalue weighted by Crippen LogP contribution is 2.06. The summed E-state index contributed by atoms with van der Waals surface area (Å²) in [5, 5.41) is 3.45. The molecule has 1 rings (SSSR count). The Bertz CT molecular complexity index is 331. The largest absolute Gasteiger partial charge is 0.329 e. The predicted molar refractivity (Wildman–Crippen MR) is 63.6 cm³/mol. The normalized spacial score (nSPS) is 11.7. The molecule has 0 unspecified atom stereocenters. The van der Waals surface area contributed by atoms with Gasteiger partial charge in [0.1, 0.15) is 0 Å². The van der Waals surface area contributed by atoms with E-state index in [1.165, 1.54) is 5.69 Å². The van der Waals surface area contributed by atoms with E-state index in [1.807, 2.05) is 19.4 Å². The SMILES string of the molecule is C=C(C)Cn1cncc1CNC(C)(C)C. The Balaban J connectivity index is 2.61. The average Bonchev–Trinajstić information content (AvgIpc) is 2.46. The summed E-state index contributed by atoms with van der Waals surface area (Å²) in [4.78, 5) is 4.16. The Kier molecular flexibility index (Phi) is 3.69. The average molecular weight is 207 g/mol. The second kappa shape index (κ2) is 4.62. The van der Waals surface area contributed by atoms with Gasteiger partial charge in [0, 0.05) is 24.8 Å². The van der Waals surface area contributed by atoms with Crippen molar-refractivity contribution in [3.8, 4) is 0 Å². The van der Waals surface area contributed by atoms with Crippen molar-refractivity contribution in [2.24, 2.45) is 0 Å². The van der Waals surface area contributed by atoms with Crippen molar-refractivity contribution in [3.05, 3.63) is 30.4 Å². The van der Waals surface area contributed by atoms with Crippen molar-refractivity contribution in [2.45, 2.75) is 46.3 Å². The van der Waals surface area contributed by atoms with Gasteiger partial charge >= 0.3 is 0 Å². The first-order chi connectivity index (χ1) is 6.88. The maximum absolute atomic E-state index is 4.16. The van der Waals surface area contributed by atoms with Gasteiger partial charge in [-0.25, -0.2) is 4.98 Å². The molecule has 0 aliphatic carbocycles. The molecule has 0 aromatic carbocycles. The van der Waals surface area contributed by atoms with Crippen LogP contribution in [0.25, 0.3) is 0 Å². The Morgan fingerprint density at radius 3 is 2.73 bits per heavy atom. The molecule has 1 heterocycles. The lowest BCUT2D eigenvalue weighted by molar-refractivity contribution is 0.417. The lowest BCUT2D eigenvalue weighted by atomic mass is 10.1. The fraction of sp³-hybridized carbons (Fsp3) is 0.583. The molecule has 3 heteroatoms. The van der Waals surface area contributed by atoms with Gasteiger partial charge in [0.05, 0.1) is 12.0 Å². The van der Waals surface area contributed by atoms with Crippen LogP contribution < -0.4 is 5.32 Å². The quantitative estimate of drug-likeness (QED) is 0.768. The highest BCUT2D eigenvalue weighted by atomic mass is 15.1. The lowest BCUT2D eigenvalue weighted by Crippen LogP contribution is -2.35. The van der Waals surface area contributed by atoms with E-state index in [-0.39, 0.29) is 5.54 Å². The van der Waals surface area contributed by atoms with Gasteiger partial charge in [-0.15, -0.1) is 0 Å². The highest BCUT2D eigenvalue weighted by molar-refractivity contribution is 5.02. The van der Waals surface area contributed by atoms with E-state index in [0.717, 1.165) is 18.7 Å². The van der Waals surface area contributed by atoms with Gasteiger partial charge in [0.25, 0.3) is 0 Å². The van der Waals surface area contributed by atoms with Crippen LogP contribution in [0, 0.1) is 0 Å². The van der Waals surface area contributed by atoms with Crippen LogP contribution in [0.4, 0.5) is 0 Å². The number of hydrogen-bond acceptors (Lipinski definition) is 2. The first-order valence-corrected chi connectivity index (χ1v) is 5.27. The van der Waals surface area contributed by atoms with E-state index in [9.17, 15) is 0 Å². The monoisotopic (exact) mass is 207 g/mol. The van der Waals surface area contributed by atoms with Crippen molar-refractivity contribution in [2.75, 3.05) is 0 Å². The van der Waals surface area contributed by atoms with Gasteiger partial charge in [-0.2, -0.15) is 0 Å². The van der Waals surface area contributed by atoms with Crippen molar-refractivity contribution in [1.29, 1.82) is 0 Å². The molecule has 0 bridgehead atoms. The second-order valence-electron chi connectivity index (χ2n) is 5.07. The third-order valence-electron chi connectivity index (χ3n) is 2.04. The Hall–Kier alpha value is -1.09. The summed E-state index contributed by atoms with van der Waals surface area (Å²) >= 11 is 0. The number of nitrogens with zero attached hydrogens (tertiary/aromatic N) is 2. The first kappa shape index (κ1) is 12.0. The van der Waals surface area contributed by atoms with Crippen LogP contribution in [0.3, 0.4) is 0 Å². The van der Waals surface area contributed by atoms with Crippen molar-refractivity contribution >= 4 is 0 Å². The van der Waals surface area contributed by atoms with E-state index >= 15 is 0 Å². The molecule has 15 heavy (non-hydrogen) atoms. The molecule has 3 nitrogen and oxygen atoms in total. The van der Waals surface area contributed by atoms with Crippen LogP contribution in [-0.4, -0.2) is 15.1 Å². The highest BCUT2D eigenvalue weighted by Gasteiger charge is 2.10. The van der Waals surface area contributed by atoms with Gasteiger partial charge in [-0.05, 0) is 27.7 Å². The Morgan fingerprint density at radius 2 is 2.20 bits per heavy atom. The molecule has 0 radical (unpaired) electrons. The smallest absolute Gasteiger partial charge is 0.0951 e. The summed E-state index contributed by atoms with van der Waals surface area (Å²) in [5.74, 6) is 0. The van der Waals surface area contributed by atoms with Crippen molar-refractivity contribution < 1.29 is 0 Å². The summed E-state index contributed by atoms with van der Waals surface area (Å²) < 4.78 is 2.13. The molecule has 1 aromatic rings. The minimum atomic E-state index is 0.137. The van der Waals surface area contributed by atoms with E-state index < -0.39 is 0 Å².